The average Bonchev–Trinajstić information content (AvgIpc) is 3.00. The summed E-state index contributed by atoms with van der Waals surface area (Å²) in [6.07, 6.45) is 0.973. The van der Waals surface area contributed by atoms with Crippen LogP contribution >= 0.6 is 0 Å². The summed E-state index contributed by atoms with van der Waals surface area (Å²) in [5.41, 5.74) is 3.64. The summed E-state index contributed by atoms with van der Waals surface area (Å²) >= 11 is 0. The number of ether oxygens (including phenoxy) is 2. The molecule has 0 aliphatic carbocycles. The van der Waals surface area contributed by atoms with Crippen LogP contribution in [0.1, 0.15) is 63.8 Å². The zero-order chi connectivity index (χ0) is 25.3. The van der Waals surface area contributed by atoms with Gasteiger partial charge in [0.2, 0.25) is 0 Å². The molecule has 0 unspecified atom stereocenters. The maximum atomic E-state index is 13.4. The van der Waals surface area contributed by atoms with Gasteiger partial charge >= 0.3 is 12.0 Å². The first-order chi connectivity index (χ1) is 15.9. The van der Waals surface area contributed by atoms with Crippen molar-refractivity contribution in [2.45, 2.75) is 79.5 Å². The number of benzene rings is 2. The van der Waals surface area contributed by atoms with Gasteiger partial charge in [-0.1, -0.05) is 31.2 Å². The van der Waals surface area contributed by atoms with E-state index in [9.17, 15) is 9.59 Å². The van der Waals surface area contributed by atoms with Gasteiger partial charge in [-0.3, -0.25) is 4.90 Å². The molecule has 184 valence electrons. The van der Waals surface area contributed by atoms with Gasteiger partial charge in [-0.25, -0.2) is 9.59 Å². The van der Waals surface area contributed by atoms with E-state index >= 15 is 0 Å². The van der Waals surface area contributed by atoms with Gasteiger partial charge in [0.1, 0.15) is 5.75 Å². The van der Waals surface area contributed by atoms with E-state index in [1.54, 1.807) is 20.8 Å². The molecule has 2 amide bonds. The van der Waals surface area contributed by atoms with Crippen molar-refractivity contribution in [2.24, 2.45) is 0 Å². The molecule has 2 aromatic carbocycles. The Balaban J connectivity index is 1.81. The lowest BCUT2D eigenvalue weighted by Crippen LogP contribution is -2.41. The number of hydrogen-bond donors (Lipinski definition) is 0. The molecule has 1 saturated heterocycles. The Bertz CT molecular complexity index is 1030. The van der Waals surface area contributed by atoms with Gasteiger partial charge in [0.25, 0.3) is 0 Å². The van der Waals surface area contributed by atoms with Crippen molar-refractivity contribution in [3.05, 3.63) is 58.7 Å². The number of rotatable bonds is 8. The van der Waals surface area contributed by atoms with Crippen molar-refractivity contribution >= 4 is 17.7 Å². The number of urea groups is 1. The number of carbonyl (C=O) groups excluding carboxylic acids is 2. The molecule has 3 rings (SSSR count). The molecule has 6 nitrogen and oxygen atoms in total. The first-order valence-corrected chi connectivity index (χ1v) is 12.0. The number of hydrogen-bond acceptors (Lipinski definition) is 4. The number of nitrogens with zero attached hydrogens (tertiary/aromatic N) is 2. The number of carbonyl (C=O) groups is 2. The molecule has 1 fully saturated rings. The molecule has 1 aliphatic heterocycles. The predicted molar refractivity (Wildman–Crippen MR) is 135 cm³/mol. The number of aryl methyl sites for hydroxylation is 3. The molecule has 0 N–H and O–H groups in total. The van der Waals surface area contributed by atoms with Crippen LogP contribution in [0.2, 0.25) is 0 Å². The van der Waals surface area contributed by atoms with E-state index in [1.165, 1.54) is 5.56 Å². The Hall–Kier alpha value is -3.02. The highest BCUT2D eigenvalue weighted by atomic mass is 16.6. The molecular formula is C28H38N2O4. The van der Waals surface area contributed by atoms with E-state index in [4.69, 9.17) is 9.47 Å². The first-order valence-electron chi connectivity index (χ1n) is 12.0. The van der Waals surface area contributed by atoms with Crippen LogP contribution in [0.25, 0.3) is 0 Å². The van der Waals surface area contributed by atoms with Crippen molar-refractivity contribution in [3.8, 4) is 5.75 Å². The highest BCUT2D eigenvalue weighted by molar-refractivity contribution is 5.95. The summed E-state index contributed by atoms with van der Waals surface area (Å²) < 4.78 is 11.2. The van der Waals surface area contributed by atoms with Gasteiger partial charge in [0.15, 0.2) is 5.60 Å². The van der Waals surface area contributed by atoms with Gasteiger partial charge in [-0.15, -0.1) is 0 Å². The SMILES string of the molecule is CCOC(=O)C(C)(C)Oc1c(C)cc(CN2C(=O)N(c3ccc(CC)cc3)CC2(C)C)cc1C. The van der Waals surface area contributed by atoms with E-state index in [-0.39, 0.29) is 11.6 Å². The van der Waals surface area contributed by atoms with Crippen LogP contribution in [0.3, 0.4) is 0 Å². The predicted octanol–water partition coefficient (Wildman–Crippen LogP) is 5.81. The molecule has 2 aromatic rings. The maximum Gasteiger partial charge on any atom is 0.349 e. The second-order valence-electron chi connectivity index (χ2n) is 10.2. The molecule has 0 spiro atoms. The molecule has 0 bridgehead atoms. The van der Waals surface area contributed by atoms with E-state index < -0.39 is 11.6 Å². The van der Waals surface area contributed by atoms with E-state index in [1.807, 2.05) is 47.9 Å². The fourth-order valence-electron chi connectivity index (χ4n) is 4.42. The van der Waals surface area contributed by atoms with Crippen LogP contribution in [0.4, 0.5) is 10.5 Å². The van der Waals surface area contributed by atoms with Gasteiger partial charge in [-0.05, 0) is 89.3 Å². The molecule has 0 saturated carbocycles. The third-order valence-electron chi connectivity index (χ3n) is 6.38. The van der Waals surface area contributed by atoms with Gasteiger partial charge < -0.3 is 14.4 Å². The summed E-state index contributed by atoms with van der Waals surface area (Å²) in [5, 5.41) is 0. The van der Waals surface area contributed by atoms with Gasteiger partial charge in [0, 0.05) is 12.2 Å². The normalized spacial score (nSPS) is 15.6. The van der Waals surface area contributed by atoms with Crippen LogP contribution in [0.5, 0.6) is 5.75 Å². The number of esters is 1. The summed E-state index contributed by atoms with van der Waals surface area (Å²) in [4.78, 5) is 29.5. The minimum Gasteiger partial charge on any atom is -0.476 e. The van der Waals surface area contributed by atoms with E-state index in [0.29, 0.717) is 25.4 Å². The second-order valence-corrected chi connectivity index (χ2v) is 10.2. The molecule has 6 heteroatoms. The Labute approximate surface area is 203 Å². The van der Waals surface area contributed by atoms with Crippen molar-refractivity contribution in [3.63, 3.8) is 0 Å². The van der Waals surface area contributed by atoms with E-state index in [0.717, 1.165) is 28.8 Å². The van der Waals surface area contributed by atoms with Crippen molar-refractivity contribution < 1.29 is 19.1 Å². The standard InChI is InChI=1S/C28H38N2O4/c1-9-21-11-13-23(14-12-21)29-18-27(5,6)30(26(29)32)17-22-15-19(3)24(20(4)16-22)34-28(7,8)25(31)33-10-2/h11-16H,9-10,17-18H2,1-8H3. The third-order valence-corrected chi connectivity index (χ3v) is 6.38. The Morgan fingerprint density at radius 1 is 1.03 bits per heavy atom. The van der Waals surface area contributed by atoms with Crippen LogP contribution < -0.4 is 9.64 Å². The third kappa shape index (κ3) is 5.21. The Kier molecular flexibility index (Phi) is 7.29. The fourth-order valence-corrected chi connectivity index (χ4v) is 4.42. The molecule has 34 heavy (non-hydrogen) atoms. The molecule has 0 radical (unpaired) electrons. The Morgan fingerprint density at radius 2 is 1.62 bits per heavy atom. The molecular weight excluding hydrogens is 428 g/mol. The van der Waals surface area contributed by atoms with Crippen molar-refractivity contribution in [1.29, 1.82) is 0 Å². The number of amides is 2. The van der Waals surface area contributed by atoms with Crippen LogP contribution in [-0.4, -0.2) is 41.2 Å². The summed E-state index contributed by atoms with van der Waals surface area (Å²) in [5.74, 6) is 0.279. The van der Waals surface area contributed by atoms with Crippen molar-refractivity contribution in [2.75, 3.05) is 18.1 Å². The van der Waals surface area contributed by atoms with Crippen LogP contribution in [0.15, 0.2) is 36.4 Å². The lowest BCUT2D eigenvalue weighted by Gasteiger charge is -2.30. The summed E-state index contributed by atoms with van der Waals surface area (Å²) in [7, 11) is 0. The first kappa shape index (κ1) is 25.6. The topological polar surface area (TPSA) is 59.1 Å². The minimum atomic E-state index is -1.09. The van der Waals surface area contributed by atoms with Crippen LogP contribution in [0, 0.1) is 13.8 Å². The molecule has 1 aliphatic rings. The molecule has 0 atom stereocenters. The summed E-state index contributed by atoms with van der Waals surface area (Å²) in [6, 6.07) is 12.3. The lowest BCUT2D eigenvalue weighted by molar-refractivity contribution is -0.158. The number of anilines is 1. The largest absolute Gasteiger partial charge is 0.476 e. The smallest absolute Gasteiger partial charge is 0.349 e. The van der Waals surface area contributed by atoms with Gasteiger partial charge in [-0.2, -0.15) is 0 Å². The molecule has 1 heterocycles. The van der Waals surface area contributed by atoms with Gasteiger partial charge in [0.05, 0.1) is 18.7 Å². The average molecular weight is 467 g/mol. The van der Waals surface area contributed by atoms with Crippen LogP contribution in [-0.2, 0) is 22.5 Å². The highest BCUT2D eigenvalue weighted by Crippen LogP contribution is 2.34. The lowest BCUT2D eigenvalue weighted by atomic mass is 10.0. The second kappa shape index (κ2) is 9.69. The van der Waals surface area contributed by atoms with Crippen molar-refractivity contribution in [1.82, 2.24) is 4.90 Å². The van der Waals surface area contributed by atoms with E-state index in [2.05, 4.69) is 32.9 Å². The monoisotopic (exact) mass is 466 g/mol. The highest BCUT2D eigenvalue weighted by Gasteiger charge is 2.43. The summed E-state index contributed by atoms with van der Waals surface area (Å²) in [6.45, 7) is 16.9. The zero-order valence-electron chi connectivity index (χ0n) is 21.8. The Morgan fingerprint density at radius 3 is 2.15 bits per heavy atom. The fraction of sp³-hybridized carbons (Fsp3) is 0.500. The molecule has 0 aromatic heterocycles. The zero-order valence-corrected chi connectivity index (χ0v) is 21.8. The maximum absolute atomic E-state index is 13.4. The quantitative estimate of drug-likeness (QED) is 0.461. The minimum absolute atomic E-state index is 0.00771.